The Morgan fingerprint density at radius 1 is 1.29 bits per heavy atom. The first-order valence-electron chi connectivity index (χ1n) is 8.35. The van der Waals surface area contributed by atoms with Crippen molar-refractivity contribution >= 4 is 10.9 Å². The first-order chi connectivity index (χ1) is 10.3. The van der Waals surface area contributed by atoms with Gasteiger partial charge >= 0.3 is 0 Å². The molecule has 2 bridgehead atoms. The van der Waals surface area contributed by atoms with E-state index in [1.54, 1.807) is 0 Å². The van der Waals surface area contributed by atoms with Gasteiger partial charge in [-0.15, -0.1) is 0 Å². The van der Waals surface area contributed by atoms with Gasteiger partial charge in [0.15, 0.2) is 0 Å². The summed E-state index contributed by atoms with van der Waals surface area (Å²) in [6.45, 7) is 0. The molecule has 2 aliphatic rings. The van der Waals surface area contributed by atoms with Crippen molar-refractivity contribution in [1.82, 2.24) is 15.1 Å². The van der Waals surface area contributed by atoms with Crippen LogP contribution in [-0.2, 0) is 7.05 Å². The SMILES string of the molecule is CNC(CC1CC2CCC1C2)c1nn(C)c2ccccc12. The summed E-state index contributed by atoms with van der Waals surface area (Å²) in [6.07, 6.45) is 7.14. The maximum Gasteiger partial charge on any atom is 0.0872 e. The van der Waals surface area contributed by atoms with Gasteiger partial charge in [-0.05, 0) is 56.6 Å². The summed E-state index contributed by atoms with van der Waals surface area (Å²) in [5.74, 6) is 2.92. The summed E-state index contributed by atoms with van der Waals surface area (Å²) in [5, 5.41) is 9.66. The van der Waals surface area contributed by atoms with Crippen LogP contribution in [0.5, 0.6) is 0 Å². The second-order valence-electron chi connectivity index (χ2n) is 7.04. The van der Waals surface area contributed by atoms with Gasteiger partial charge < -0.3 is 5.32 Å². The lowest BCUT2D eigenvalue weighted by molar-refractivity contribution is 0.282. The highest BCUT2D eigenvalue weighted by molar-refractivity contribution is 5.82. The van der Waals surface area contributed by atoms with Crippen molar-refractivity contribution in [1.29, 1.82) is 0 Å². The normalized spacial score (nSPS) is 29.3. The quantitative estimate of drug-likeness (QED) is 0.928. The molecule has 3 nitrogen and oxygen atoms in total. The molecule has 1 N–H and O–H groups in total. The molecule has 4 rings (SSSR count). The topological polar surface area (TPSA) is 29.9 Å². The van der Waals surface area contributed by atoms with Gasteiger partial charge in [0.1, 0.15) is 0 Å². The largest absolute Gasteiger partial charge is 0.312 e. The molecule has 2 fully saturated rings. The summed E-state index contributed by atoms with van der Waals surface area (Å²) in [5.41, 5.74) is 2.47. The zero-order valence-corrected chi connectivity index (χ0v) is 13.0. The number of aromatic nitrogens is 2. The molecule has 1 aromatic carbocycles. The Morgan fingerprint density at radius 3 is 2.86 bits per heavy atom. The van der Waals surface area contributed by atoms with Crippen LogP contribution in [0.4, 0.5) is 0 Å². The van der Waals surface area contributed by atoms with Crippen LogP contribution >= 0.6 is 0 Å². The van der Waals surface area contributed by atoms with Crippen LogP contribution in [0.15, 0.2) is 24.3 Å². The van der Waals surface area contributed by atoms with Crippen LogP contribution in [0, 0.1) is 17.8 Å². The van der Waals surface area contributed by atoms with Gasteiger partial charge in [-0.25, -0.2) is 0 Å². The molecule has 4 unspecified atom stereocenters. The third-order valence-corrected chi connectivity index (χ3v) is 5.89. The Balaban J connectivity index is 1.62. The first kappa shape index (κ1) is 13.3. The van der Waals surface area contributed by atoms with E-state index >= 15 is 0 Å². The number of nitrogens with one attached hydrogen (secondary N) is 1. The van der Waals surface area contributed by atoms with E-state index in [9.17, 15) is 0 Å². The molecule has 0 aliphatic heterocycles. The fraction of sp³-hybridized carbons (Fsp3) is 0.611. The van der Waals surface area contributed by atoms with Crippen molar-refractivity contribution in [2.75, 3.05) is 7.05 Å². The molecule has 3 heteroatoms. The Hall–Kier alpha value is -1.35. The molecule has 0 spiro atoms. The number of rotatable bonds is 4. The Labute approximate surface area is 126 Å². The number of nitrogens with zero attached hydrogens (tertiary/aromatic N) is 2. The minimum atomic E-state index is 0.389. The highest BCUT2D eigenvalue weighted by atomic mass is 15.3. The predicted octanol–water partition coefficient (Wildman–Crippen LogP) is 3.66. The van der Waals surface area contributed by atoms with Crippen molar-refractivity contribution in [3.63, 3.8) is 0 Å². The lowest BCUT2D eigenvalue weighted by Crippen LogP contribution is -2.23. The number of fused-ring (bicyclic) bond motifs is 3. The van der Waals surface area contributed by atoms with Crippen LogP contribution < -0.4 is 5.32 Å². The van der Waals surface area contributed by atoms with E-state index in [2.05, 4.69) is 43.7 Å². The van der Waals surface area contributed by atoms with Crippen molar-refractivity contribution in [3.05, 3.63) is 30.0 Å². The van der Waals surface area contributed by atoms with Gasteiger partial charge in [0, 0.05) is 12.4 Å². The maximum absolute atomic E-state index is 4.82. The number of para-hydroxylation sites is 1. The molecule has 0 amide bonds. The van der Waals surface area contributed by atoms with Crippen LogP contribution in [0.1, 0.15) is 43.8 Å². The van der Waals surface area contributed by atoms with Gasteiger partial charge in [0.05, 0.1) is 17.3 Å². The van der Waals surface area contributed by atoms with Crippen molar-refractivity contribution < 1.29 is 0 Å². The summed E-state index contributed by atoms with van der Waals surface area (Å²) in [6, 6.07) is 8.98. The molecule has 0 radical (unpaired) electrons. The van der Waals surface area contributed by atoms with Gasteiger partial charge in [0.2, 0.25) is 0 Å². The highest BCUT2D eigenvalue weighted by Crippen LogP contribution is 2.51. The first-order valence-corrected chi connectivity index (χ1v) is 8.35. The van der Waals surface area contributed by atoms with Gasteiger partial charge in [0.25, 0.3) is 0 Å². The Kier molecular flexibility index (Phi) is 3.26. The van der Waals surface area contributed by atoms with E-state index in [1.807, 2.05) is 4.68 Å². The molecule has 2 aromatic rings. The zero-order chi connectivity index (χ0) is 14.4. The number of hydrogen-bond donors (Lipinski definition) is 1. The summed E-state index contributed by atoms with van der Waals surface area (Å²) in [7, 11) is 4.14. The molecule has 2 saturated carbocycles. The summed E-state index contributed by atoms with van der Waals surface area (Å²) >= 11 is 0. The average molecular weight is 283 g/mol. The van der Waals surface area contributed by atoms with Gasteiger partial charge in [-0.1, -0.05) is 24.6 Å². The molecule has 0 saturated heterocycles. The minimum absolute atomic E-state index is 0.389. The molecular formula is C18H25N3. The Morgan fingerprint density at radius 2 is 2.14 bits per heavy atom. The molecule has 1 heterocycles. The number of aryl methyl sites for hydroxylation is 1. The molecular weight excluding hydrogens is 258 g/mol. The van der Waals surface area contributed by atoms with E-state index < -0.39 is 0 Å². The zero-order valence-electron chi connectivity index (χ0n) is 13.0. The highest BCUT2D eigenvalue weighted by Gasteiger charge is 2.40. The number of benzene rings is 1. The monoisotopic (exact) mass is 283 g/mol. The van der Waals surface area contributed by atoms with Crippen LogP contribution in [0.2, 0.25) is 0 Å². The predicted molar refractivity (Wildman–Crippen MR) is 86.1 cm³/mol. The van der Waals surface area contributed by atoms with Crippen molar-refractivity contribution in [3.8, 4) is 0 Å². The second-order valence-corrected chi connectivity index (χ2v) is 7.04. The summed E-state index contributed by atoms with van der Waals surface area (Å²) in [4.78, 5) is 0. The molecule has 4 atom stereocenters. The molecule has 21 heavy (non-hydrogen) atoms. The van der Waals surface area contributed by atoms with Gasteiger partial charge in [-0.3, -0.25) is 4.68 Å². The van der Waals surface area contributed by atoms with E-state index in [-0.39, 0.29) is 0 Å². The maximum atomic E-state index is 4.82. The fourth-order valence-electron chi connectivity index (χ4n) is 4.83. The lowest BCUT2D eigenvalue weighted by atomic mass is 9.83. The van der Waals surface area contributed by atoms with Gasteiger partial charge in [-0.2, -0.15) is 5.10 Å². The van der Waals surface area contributed by atoms with Crippen molar-refractivity contribution in [2.45, 2.75) is 38.1 Å². The van der Waals surface area contributed by atoms with Crippen molar-refractivity contribution in [2.24, 2.45) is 24.8 Å². The van der Waals surface area contributed by atoms with E-state index in [4.69, 9.17) is 5.10 Å². The smallest absolute Gasteiger partial charge is 0.0872 e. The fourth-order valence-corrected chi connectivity index (χ4v) is 4.83. The lowest BCUT2D eigenvalue weighted by Gasteiger charge is -2.26. The molecule has 2 aliphatic carbocycles. The van der Waals surface area contributed by atoms with Crippen LogP contribution in [0.3, 0.4) is 0 Å². The Bertz CT molecular complexity index is 645. The summed E-state index contributed by atoms with van der Waals surface area (Å²) < 4.78 is 2.02. The third-order valence-electron chi connectivity index (χ3n) is 5.89. The average Bonchev–Trinajstić information content (AvgIpc) is 3.20. The third kappa shape index (κ3) is 2.18. The minimum Gasteiger partial charge on any atom is -0.312 e. The number of hydrogen-bond acceptors (Lipinski definition) is 2. The van der Waals surface area contributed by atoms with Crippen LogP contribution in [-0.4, -0.2) is 16.8 Å². The second kappa shape index (κ2) is 5.13. The van der Waals surface area contributed by atoms with E-state index in [1.165, 1.54) is 48.7 Å². The standard InChI is InChI=1S/C18H25N3/c1-19-16(11-14-10-12-7-8-13(14)9-12)18-15-5-3-4-6-17(15)21(2)20-18/h3-6,12-14,16,19H,7-11H2,1-2H3. The molecule has 112 valence electrons. The van der Waals surface area contributed by atoms with E-state index in [0.29, 0.717) is 6.04 Å². The van der Waals surface area contributed by atoms with E-state index in [0.717, 1.165) is 17.8 Å². The molecule has 1 aromatic heterocycles. The van der Waals surface area contributed by atoms with Crippen LogP contribution in [0.25, 0.3) is 10.9 Å².